The van der Waals surface area contributed by atoms with E-state index in [1.54, 1.807) is 0 Å². The minimum absolute atomic E-state index is 0.858. The van der Waals surface area contributed by atoms with Gasteiger partial charge in [0.2, 0.25) is 0 Å². The highest BCUT2D eigenvalue weighted by Crippen LogP contribution is 2.17. The molecule has 2 heteroatoms. The van der Waals surface area contributed by atoms with E-state index in [1.807, 2.05) is 0 Å². The van der Waals surface area contributed by atoms with Crippen LogP contribution >= 0.6 is 0 Å². The van der Waals surface area contributed by atoms with Gasteiger partial charge in [0.25, 0.3) is 0 Å². The first-order valence-corrected chi connectivity index (χ1v) is 8.73. The number of unbranched alkanes of at least 4 members (excludes halogenated alkanes) is 1. The Labute approximate surface area is 85.0 Å². The molecule has 0 saturated heterocycles. The Morgan fingerprint density at radius 1 is 1.15 bits per heavy atom. The van der Waals surface area contributed by atoms with Crippen molar-refractivity contribution in [1.82, 2.24) is 0 Å². The second kappa shape index (κ2) is 6.60. The average molecular weight is 202 g/mol. The van der Waals surface area contributed by atoms with E-state index in [0.717, 1.165) is 12.5 Å². The van der Waals surface area contributed by atoms with E-state index >= 15 is 0 Å². The molecule has 0 fully saturated rings. The van der Waals surface area contributed by atoms with Crippen LogP contribution in [0.2, 0.25) is 19.1 Å². The molecule has 0 aromatic heterocycles. The van der Waals surface area contributed by atoms with Crippen LogP contribution in [-0.4, -0.2) is 14.9 Å². The summed E-state index contributed by atoms with van der Waals surface area (Å²) in [6.45, 7) is 12.2. The molecule has 0 spiro atoms. The summed E-state index contributed by atoms with van der Waals surface area (Å²) in [5.74, 6) is 0.858. The zero-order valence-corrected chi connectivity index (χ0v) is 11.0. The molecule has 80 valence electrons. The number of rotatable bonds is 7. The van der Waals surface area contributed by atoms with E-state index in [2.05, 4.69) is 33.9 Å². The maximum Gasteiger partial charge on any atom is 0.186 e. The summed E-state index contributed by atoms with van der Waals surface area (Å²) in [5.41, 5.74) is 0. The Bertz CT molecular complexity index is 121. The third-order valence-corrected chi connectivity index (χ3v) is 4.97. The monoisotopic (exact) mass is 202 g/mol. The Morgan fingerprint density at radius 2 is 1.77 bits per heavy atom. The minimum Gasteiger partial charge on any atom is -0.418 e. The van der Waals surface area contributed by atoms with Gasteiger partial charge in [0, 0.05) is 6.61 Å². The molecule has 0 heterocycles. The minimum atomic E-state index is -1.28. The average Bonchev–Trinajstić information content (AvgIpc) is 1.98. The molecule has 0 aliphatic rings. The topological polar surface area (TPSA) is 9.23 Å². The first kappa shape index (κ1) is 13.2. The third kappa shape index (κ3) is 8.51. The van der Waals surface area contributed by atoms with E-state index in [-0.39, 0.29) is 0 Å². The summed E-state index contributed by atoms with van der Waals surface area (Å²) in [5, 5.41) is 0. The maximum absolute atomic E-state index is 5.78. The molecule has 0 N–H and O–H groups in total. The van der Waals surface area contributed by atoms with Crippen LogP contribution in [0.15, 0.2) is 0 Å². The lowest BCUT2D eigenvalue weighted by atomic mass is 10.1. The summed E-state index contributed by atoms with van der Waals surface area (Å²) >= 11 is 0. The Balaban J connectivity index is 3.40. The van der Waals surface area contributed by atoms with Crippen molar-refractivity contribution >= 4 is 8.32 Å². The van der Waals surface area contributed by atoms with Crippen LogP contribution < -0.4 is 0 Å². The zero-order chi connectivity index (χ0) is 10.3. The van der Waals surface area contributed by atoms with Gasteiger partial charge >= 0.3 is 0 Å². The van der Waals surface area contributed by atoms with Gasteiger partial charge in [0.05, 0.1) is 0 Å². The first-order chi connectivity index (χ1) is 5.98. The molecule has 0 bridgehead atoms. The Kier molecular flexibility index (Phi) is 6.69. The standard InChI is InChI=1S/C11H26OSi/c1-6-12-13(4,5)10-8-7-9-11(2)3/h11H,6-10H2,1-5H3. The van der Waals surface area contributed by atoms with Crippen molar-refractivity contribution in [2.45, 2.75) is 59.2 Å². The fraction of sp³-hybridized carbons (Fsp3) is 1.00. The van der Waals surface area contributed by atoms with Gasteiger partial charge in [0.1, 0.15) is 0 Å². The maximum atomic E-state index is 5.78. The lowest BCUT2D eigenvalue weighted by molar-refractivity contribution is 0.327. The Morgan fingerprint density at radius 3 is 2.23 bits per heavy atom. The summed E-state index contributed by atoms with van der Waals surface area (Å²) in [6, 6.07) is 1.33. The van der Waals surface area contributed by atoms with Crippen molar-refractivity contribution in [1.29, 1.82) is 0 Å². The second-order valence-electron chi connectivity index (χ2n) is 4.83. The van der Waals surface area contributed by atoms with Gasteiger partial charge in [-0.1, -0.05) is 33.1 Å². The van der Waals surface area contributed by atoms with Crippen LogP contribution in [0.1, 0.15) is 40.0 Å². The van der Waals surface area contributed by atoms with Gasteiger partial charge < -0.3 is 4.43 Å². The molecule has 0 aliphatic heterocycles. The predicted molar refractivity (Wildman–Crippen MR) is 62.6 cm³/mol. The van der Waals surface area contributed by atoms with Crippen molar-refractivity contribution in [3.05, 3.63) is 0 Å². The molecule has 0 radical (unpaired) electrons. The molecule has 13 heavy (non-hydrogen) atoms. The molecule has 0 atom stereocenters. The highest BCUT2D eigenvalue weighted by molar-refractivity contribution is 6.71. The van der Waals surface area contributed by atoms with Gasteiger partial charge in [-0.15, -0.1) is 0 Å². The lowest BCUT2D eigenvalue weighted by Crippen LogP contribution is -2.29. The number of hydrogen-bond acceptors (Lipinski definition) is 1. The van der Waals surface area contributed by atoms with Crippen LogP contribution in [0.3, 0.4) is 0 Å². The van der Waals surface area contributed by atoms with Gasteiger partial charge in [-0.3, -0.25) is 0 Å². The van der Waals surface area contributed by atoms with Crippen LogP contribution in [0.25, 0.3) is 0 Å². The summed E-state index contributed by atoms with van der Waals surface area (Å²) in [6.07, 6.45) is 4.11. The second-order valence-corrected chi connectivity index (χ2v) is 9.14. The molecule has 0 aromatic carbocycles. The SMILES string of the molecule is CCO[Si](C)(C)CCCCC(C)C. The zero-order valence-electron chi connectivity index (χ0n) is 10.0. The van der Waals surface area contributed by atoms with Crippen molar-refractivity contribution in [2.24, 2.45) is 5.92 Å². The third-order valence-electron chi connectivity index (χ3n) is 2.35. The quantitative estimate of drug-likeness (QED) is 0.447. The predicted octanol–water partition coefficient (Wildman–Crippen LogP) is 4.05. The van der Waals surface area contributed by atoms with E-state index in [4.69, 9.17) is 4.43 Å². The van der Waals surface area contributed by atoms with Crippen molar-refractivity contribution in [3.8, 4) is 0 Å². The normalized spacial score (nSPS) is 12.5. The van der Waals surface area contributed by atoms with Gasteiger partial charge in [-0.25, -0.2) is 0 Å². The molecular weight excluding hydrogens is 176 g/mol. The van der Waals surface area contributed by atoms with Crippen molar-refractivity contribution in [2.75, 3.05) is 6.61 Å². The van der Waals surface area contributed by atoms with Crippen LogP contribution in [0.5, 0.6) is 0 Å². The summed E-state index contributed by atoms with van der Waals surface area (Å²) in [7, 11) is -1.28. The van der Waals surface area contributed by atoms with Crippen LogP contribution in [0.4, 0.5) is 0 Å². The van der Waals surface area contributed by atoms with E-state index in [1.165, 1.54) is 25.3 Å². The molecule has 0 rings (SSSR count). The van der Waals surface area contributed by atoms with Crippen LogP contribution in [0, 0.1) is 5.92 Å². The van der Waals surface area contributed by atoms with E-state index in [9.17, 15) is 0 Å². The van der Waals surface area contributed by atoms with Gasteiger partial charge in [0.15, 0.2) is 8.32 Å². The molecule has 0 amide bonds. The van der Waals surface area contributed by atoms with Gasteiger partial charge in [-0.05, 0) is 32.0 Å². The molecule has 0 saturated carbocycles. The van der Waals surface area contributed by atoms with E-state index in [0.29, 0.717) is 0 Å². The summed E-state index contributed by atoms with van der Waals surface area (Å²) < 4.78 is 5.78. The fourth-order valence-electron chi connectivity index (χ4n) is 1.57. The van der Waals surface area contributed by atoms with Crippen molar-refractivity contribution in [3.63, 3.8) is 0 Å². The number of hydrogen-bond donors (Lipinski definition) is 0. The van der Waals surface area contributed by atoms with E-state index < -0.39 is 8.32 Å². The first-order valence-electron chi connectivity index (χ1n) is 5.62. The highest BCUT2D eigenvalue weighted by atomic mass is 28.4. The molecular formula is C11H26OSi. The van der Waals surface area contributed by atoms with Gasteiger partial charge in [-0.2, -0.15) is 0 Å². The lowest BCUT2D eigenvalue weighted by Gasteiger charge is -2.21. The molecule has 0 aromatic rings. The summed E-state index contributed by atoms with van der Waals surface area (Å²) in [4.78, 5) is 0. The highest BCUT2D eigenvalue weighted by Gasteiger charge is 2.20. The molecule has 0 aliphatic carbocycles. The van der Waals surface area contributed by atoms with Crippen LogP contribution in [-0.2, 0) is 4.43 Å². The Hall–Kier alpha value is 0.177. The molecule has 0 unspecified atom stereocenters. The molecule has 1 nitrogen and oxygen atoms in total. The smallest absolute Gasteiger partial charge is 0.186 e. The largest absolute Gasteiger partial charge is 0.418 e. The fourth-order valence-corrected chi connectivity index (χ4v) is 3.59. The van der Waals surface area contributed by atoms with Crippen molar-refractivity contribution < 1.29 is 4.43 Å².